The van der Waals surface area contributed by atoms with E-state index in [4.69, 9.17) is 22.5 Å². The molecule has 0 radical (unpaired) electrons. The molecule has 88 valence electrons. The molecule has 17 heavy (non-hydrogen) atoms. The molecule has 0 bridgehead atoms. The smallest absolute Gasteiger partial charge is 0.281 e. The van der Waals surface area contributed by atoms with Crippen LogP contribution in [0.1, 0.15) is 0 Å². The second kappa shape index (κ2) is 5.16. The van der Waals surface area contributed by atoms with E-state index in [9.17, 15) is 4.57 Å². The monoisotopic (exact) mass is 348 g/mol. The van der Waals surface area contributed by atoms with Crippen molar-refractivity contribution in [3.63, 3.8) is 0 Å². The molecule has 1 nitrogen and oxygen atoms in total. The predicted octanol–water partition coefficient (Wildman–Crippen LogP) is 5.41. The zero-order valence-electron chi connectivity index (χ0n) is 8.61. The molecule has 5 heteroatoms. The van der Waals surface area contributed by atoms with Crippen molar-refractivity contribution in [2.24, 2.45) is 0 Å². The highest BCUT2D eigenvalue weighted by atomic mass is 79.9. The molecule has 0 fully saturated rings. The molecule has 0 heterocycles. The minimum Gasteiger partial charge on any atom is -0.284 e. The van der Waals surface area contributed by atoms with E-state index < -0.39 is 5.85 Å². The van der Waals surface area contributed by atoms with Gasteiger partial charge in [-0.1, -0.05) is 40.2 Å². The molecule has 0 saturated carbocycles. The third kappa shape index (κ3) is 3.35. The summed E-state index contributed by atoms with van der Waals surface area (Å²) >= 11 is 14.6. The highest BCUT2D eigenvalue weighted by molar-refractivity contribution is 9.10. The molecular weight excluding hydrogens is 342 g/mol. The van der Waals surface area contributed by atoms with Gasteiger partial charge in [0.1, 0.15) is 0 Å². The van der Waals surface area contributed by atoms with Gasteiger partial charge in [-0.2, -0.15) is 0 Å². The van der Waals surface area contributed by atoms with Crippen molar-refractivity contribution in [3.8, 4) is 11.1 Å². The van der Waals surface area contributed by atoms with E-state index in [1.165, 1.54) is 0 Å². The first-order valence-electron chi connectivity index (χ1n) is 4.83. The zero-order valence-corrected chi connectivity index (χ0v) is 12.6. The molecule has 0 aliphatic heterocycles. The lowest BCUT2D eigenvalue weighted by Gasteiger charge is -2.05. The Morgan fingerprint density at radius 2 is 1.24 bits per heavy atom. The van der Waals surface area contributed by atoms with Gasteiger partial charge in [-0.05, 0) is 57.9 Å². The third-order valence-electron chi connectivity index (χ3n) is 2.35. The molecule has 0 amide bonds. The molecule has 0 spiro atoms. The average Bonchev–Trinajstić information content (AvgIpc) is 2.29. The quantitative estimate of drug-likeness (QED) is 0.662. The van der Waals surface area contributed by atoms with Gasteiger partial charge in [0.25, 0.3) is 5.85 Å². The zero-order chi connectivity index (χ0) is 12.5. The highest BCUT2D eigenvalue weighted by Crippen LogP contribution is 2.55. The van der Waals surface area contributed by atoms with E-state index in [0.29, 0.717) is 5.30 Å². The molecule has 2 aromatic carbocycles. The number of rotatable bonds is 2. The lowest BCUT2D eigenvalue weighted by molar-refractivity contribution is 0.597. The molecule has 2 rings (SSSR count). The van der Waals surface area contributed by atoms with Crippen LogP contribution in [0.4, 0.5) is 0 Å². The van der Waals surface area contributed by atoms with Gasteiger partial charge in [0, 0.05) is 9.78 Å². The molecule has 0 saturated heterocycles. The first-order valence-corrected chi connectivity index (χ1v) is 9.14. The minimum absolute atomic E-state index is 0.460. The Kier molecular flexibility index (Phi) is 3.99. The molecule has 0 N–H and O–H groups in total. The summed E-state index contributed by atoms with van der Waals surface area (Å²) in [6, 6.07) is 15.0. The van der Waals surface area contributed by atoms with E-state index in [2.05, 4.69) is 15.9 Å². The van der Waals surface area contributed by atoms with Crippen LogP contribution in [0.5, 0.6) is 0 Å². The maximum absolute atomic E-state index is 11.4. The number of hydrogen-bond acceptors (Lipinski definition) is 1. The van der Waals surface area contributed by atoms with Crippen LogP contribution in [0, 0.1) is 0 Å². The van der Waals surface area contributed by atoms with Gasteiger partial charge in [0.2, 0.25) is 0 Å². The van der Waals surface area contributed by atoms with Crippen molar-refractivity contribution < 1.29 is 4.57 Å². The van der Waals surface area contributed by atoms with Crippen LogP contribution in [-0.2, 0) is 4.57 Å². The number of halogens is 3. The molecule has 0 atom stereocenters. The van der Waals surface area contributed by atoms with Crippen molar-refractivity contribution in [2.45, 2.75) is 0 Å². The highest BCUT2D eigenvalue weighted by Gasteiger charge is 2.16. The van der Waals surface area contributed by atoms with Gasteiger partial charge in [-0.15, -0.1) is 0 Å². The van der Waals surface area contributed by atoms with Gasteiger partial charge in [0.15, 0.2) is 0 Å². The van der Waals surface area contributed by atoms with Crippen molar-refractivity contribution in [2.75, 3.05) is 0 Å². The summed E-state index contributed by atoms with van der Waals surface area (Å²) in [5.74, 6) is -3.20. The summed E-state index contributed by atoms with van der Waals surface area (Å²) < 4.78 is 12.5. The van der Waals surface area contributed by atoms with Crippen LogP contribution in [0.2, 0.25) is 0 Å². The summed E-state index contributed by atoms with van der Waals surface area (Å²) in [5.41, 5.74) is 2.11. The second-order valence-electron chi connectivity index (χ2n) is 3.52. The largest absolute Gasteiger partial charge is 0.284 e. The second-order valence-corrected chi connectivity index (χ2v) is 9.25. The van der Waals surface area contributed by atoms with E-state index in [-0.39, 0.29) is 0 Å². The Morgan fingerprint density at radius 1 is 0.824 bits per heavy atom. The molecule has 0 aliphatic rings. The Bertz CT molecular complexity index is 560. The fraction of sp³-hybridized carbons (Fsp3) is 0. The van der Waals surface area contributed by atoms with Crippen LogP contribution < -0.4 is 5.30 Å². The SMILES string of the molecule is O=P(Cl)(Cl)c1ccc(-c2ccc(Br)cc2)cc1. The lowest BCUT2D eigenvalue weighted by atomic mass is 10.1. The Morgan fingerprint density at radius 3 is 1.65 bits per heavy atom. The van der Waals surface area contributed by atoms with Crippen molar-refractivity contribution >= 4 is 49.6 Å². The number of hydrogen-bond donors (Lipinski definition) is 0. The Balaban J connectivity index is 2.36. The van der Waals surface area contributed by atoms with Crippen molar-refractivity contribution in [1.29, 1.82) is 0 Å². The number of benzene rings is 2. The summed E-state index contributed by atoms with van der Waals surface area (Å²) in [4.78, 5) is 0. The van der Waals surface area contributed by atoms with Gasteiger partial charge in [0.05, 0.1) is 0 Å². The van der Waals surface area contributed by atoms with E-state index in [0.717, 1.165) is 15.6 Å². The maximum Gasteiger partial charge on any atom is 0.281 e. The van der Waals surface area contributed by atoms with E-state index in [1.807, 2.05) is 36.4 Å². The summed E-state index contributed by atoms with van der Waals surface area (Å²) in [5, 5.41) is 0.460. The van der Waals surface area contributed by atoms with Gasteiger partial charge in [-0.3, -0.25) is 4.57 Å². The first-order chi connectivity index (χ1) is 7.97. The lowest BCUT2D eigenvalue weighted by Crippen LogP contribution is -1.95. The molecule has 0 aliphatic carbocycles. The van der Waals surface area contributed by atoms with Gasteiger partial charge in [-0.25, -0.2) is 0 Å². The van der Waals surface area contributed by atoms with E-state index >= 15 is 0 Å². The fourth-order valence-corrected chi connectivity index (χ4v) is 2.91. The van der Waals surface area contributed by atoms with E-state index in [1.54, 1.807) is 12.1 Å². The normalized spacial score (nSPS) is 11.5. The maximum atomic E-state index is 11.4. The van der Waals surface area contributed by atoms with Crippen LogP contribution >= 0.6 is 44.3 Å². The topological polar surface area (TPSA) is 17.1 Å². The standard InChI is InChI=1S/C12H8BrCl2OP/c13-11-5-1-9(2-6-11)10-3-7-12(8-4-10)17(14,15)16/h1-8H. The van der Waals surface area contributed by atoms with Crippen LogP contribution in [0.25, 0.3) is 11.1 Å². The molecular formula is C12H8BrCl2OP. The average molecular weight is 350 g/mol. The molecule has 0 aromatic heterocycles. The van der Waals surface area contributed by atoms with Crippen molar-refractivity contribution in [1.82, 2.24) is 0 Å². The summed E-state index contributed by atoms with van der Waals surface area (Å²) in [6.07, 6.45) is 0. The minimum atomic E-state index is -3.20. The predicted molar refractivity (Wildman–Crippen MR) is 78.5 cm³/mol. The van der Waals surface area contributed by atoms with Crippen LogP contribution in [0.15, 0.2) is 53.0 Å². The molecule has 0 unspecified atom stereocenters. The third-order valence-corrected chi connectivity index (χ3v) is 4.94. The Labute approximate surface area is 118 Å². The molecule has 2 aromatic rings. The van der Waals surface area contributed by atoms with Gasteiger partial charge >= 0.3 is 0 Å². The summed E-state index contributed by atoms with van der Waals surface area (Å²) in [6.45, 7) is 0. The summed E-state index contributed by atoms with van der Waals surface area (Å²) in [7, 11) is 0. The van der Waals surface area contributed by atoms with Crippen LogP contribution in [0.3, 0.4) is 0 Å². The van der Waals surface area contributed by atoms with Crippen molar-refractivity contribution in [3.05, 3.63) is 53.0 Å². The first kappa shape index (κ1) is 13.2. The fourth-order valence-electron chi connectivity index (χ4n) is 1.47. The van der Waals surface area contributed by atoms with Crippen LogP contribution in [-0.4, -0.2) is 0 Å². The van der Waals surface area contributed by atoms with Gasteiger partial charge < -0.3 is 0 Å². The Hall–Kier alpha value is -0.270.